The molecule has 0 unspecified atom stereocenters. The van der Waals surface area contributed by atoms with Crippen LogP contribution in [0.3, 0.4) is 0 Å². The predicted octanol–water partition coefficient (Wildman–Crippen LogP) is 13.7. The molecule has 0 aliphatic rings. The van der Waals surface area contributed by atoms with Gasteiger partial charge in [-0.2, -0.15) is 0 Å². The summed E-state index contributed by atoms with van der Waals surface area (Å²) >= 11 is 3.79. The van der Waals surface area contributed by atoms with Gasteiger partial charge in [0.2, 0.25) is 0 Å². The highest BCUT2D eigenvalue weighted by Gasteiger charge is 2.22. The van der Waals surface area contributed by atoms with Crippen LogP contribution < -0.4 is 0 Å². The molecule has 0 amide bonds. The Morgan fingerprint density at radius 3 is 1.65 bits per heavy atom. The predicted molar refractivity (Wildman–Crippen MR) is 204 cm³/mol. The molecule has 0 radical (unpaired) electrons. The third kappa shape index (κ3) is 3.72. The summed E-state index contributed by atoms with van der Waals surface area (Å²) in [7, 11) is 0. The molecule has 0 bridgehead atoms. The molecular weight excluding hydrogens is 593 g/mol. The summed E-state index contributed by atoms with van der Waals surface area (Å²) in [6.07, 6.45) is 0. The molecule has 0 spiro atoms. The zero-order valence-corrected chi connectivity index (χ0v) is 26.5. The van der Waals surface area contributed by atoms with E-state index in [0.717, 1.165) is 0 Å². The fourth-order valence-electron chi connectivity index (χ4n) is 7.60. The molecule has 46 heavy (non-hydrogen) atoms. The Balaban J connectivity index is 1.35. The number of benzene rings is 8. The maximum atomic E-state index is 2.35. The average molecular weight is 619 g/mol. The number of hydrogen-bond donors (Lipinski definition) is 0. The summed E-state index contributed by atoms with van der Waals surface area (Å²) < 4.78 is 4.05. The second-order valence-corrected chi connectivity index (χ2v) is 13.9. The van der Waals surface area contributed by atoms with E-state index in [1.807, 2.05) is 22.7 Å². The monoisotopic (exact) mass is 618 g/mol. The van der Waals surface area contributed by atoms with E-state index < -0.39 is 0 Å². The van der Waals surface area contributed by atoms with Crippen molar-refractivity contribution >= 4 is 85.2 Å². The van der Waals surface area contributed by atoms with Crippen LogP contribution in [-0.2, 0) is 0 Å². The van der Waals surface area contributed by atoms with E-state index in [1.54, 1.807) is 0 Å². The second-order valence-electron chi connectivity index (χ2n) is 12.0. The van der Waals surface area contributed by atoms with Crippen molar-refractivity contribution in [3.63, 3.8) is 0 Å². The summed E-state index contributed by atoms with van der Waals surface area (Å²) in [5.41, 5.74) is 7.80. The first-order valence-corrected chi connectivity index (χ1v) is 17.4. The number of fused-ring (bicyclic) bond motifs is 8. The molecule has 0 saturated heterocycles. The van der Waals surface area contributed by atoms with Crippen LogP contribution in [0.25, 0.3) is 96.0 Å². The summed E-state index contributed by atoms with van der Waals surface area (Å²) in [5, 5.41) is 14.1. The van der Waals surface area contributed by atoms with Crippen molar-refractivity contribution in [2.24, 2.45) is 0 Å². The summed E-state index contributed by atoms with van der Waals surface area (Å²) in [4.78, 5) is 0. The fourth-order valence-corrected chi connectivity index (χ4v) is 9.93. The molecule has 2 heteroatoms. The van der Waals surface area contributed by atoms with Crippen molar-refractivity contribution in [3.8, 4) is 33.4 Å². The van der Waals surface area contributed by atoms with Gasteiger partial charge in [0.15, 0.2) is 0 Å². The van der Waals surface area contributed by atoms with E-state index in [2.05, 4.69) is 157 Å². The Hall–Kier alpha value is -5.28. The van der Waals surface area contributed by atoms with Gasteiger partial charge in [0, 0.05) is 35.8 Å². The van der Waals surface area contributed by atoms with Gasteiger partial charge in [0.1, 0.15) is 0 Å². The molecule has 2 heterocycles. The van der Waals surface area contributed by atoms with Crippen LogP contribution in [0.4, 0.5) is 0 Å². The third-order valence-electron chi connectivity index (χ3n) is 9.54. The first-order chi connectivity index (χ1) is 22.8. The Morgan fingerprint density at radius 2 is 0.913 bits per heavy atom. The lowest BCUT2D eigenvalue weighted by atomic mass is 9.84. The van der Waals surface area contributed by atoms with Crippen LogP contribution in [0.2, 0.25) is 0 Å². The van der Waals surface area contributed by atoms with Crippen LogP contribution >= 0.6 is 22.7 Å². The number of rotatable bonds is 3. The Labute approximate surface area is 274 Å². The van der Waals surface area contributed by atoms with Crippen LogP contribution in [0.1, 0.15) is 0 Å². The van der Waals surface area contributed by atoms with Crippen molar-refractivity contribution in [1.82, 2.24) is 0 Å². The zero-order valence-electron chi connectivity index (χ0n) is 24.8. The smallest absolute Gasteiger partial charge is 0.0442 e. The zero-order chi connectivity index (χ0) is 30.2. The molecule has 10 aromatic rings. The highest BCUT2D eigenvalue weighted by Crippen LogP contribution is 2.51. The van der Waals surface area contributed by atoms with E-state index in [-0.39, 0.29) is 0 Å². The van der Waals surface area contributed by atoms with Crippen LogP contribution in [0.15, 0.2) is 157 Å². The van der Waals surface area contributed by atoms with Gasteiger partial charge in [-0.05, 0) is 77.6 Å². The molecule has 0 aliphatic heterocycles. The first kappa shape index (κ1) is 26.0. The maximum Gasteiger partial charge on any atom is 0.0442 e. The Kier molecular flexibility index (Phi) is 5.72. The van der Waals surface area contributed by atoms with E-state index >= 15 is 0 Å². The Bertz CT molecular complexity index is 2740. The van der Waals surface area contributed by atoms with Gasteiger partial charge in [0.25, 0.3) is 0 Å². The average Bonchev–Trinajstić information content (AvgIpc) is 3.73. The highest BCUT2D eigenvalue weighted by molar-refractivity contribution is 7.27. The SMILES string of the molecule is c1ccc(-c2csc3c2ccc2sc4cccc(-c5c6ccccc6c(-c6cccc7ccccc67)c6ccccc56)c4c23)cc1. The summed E-state index contributed by atoms with van der Waals surface area (Å²) in [5.74, 6) is 0. The standard InChI is InChI=1S/C44H26S2/c1-2-12-28(13-3-1)37-26-45-44-35(37)24-25-39-43(44)42-36(22-11-23-38(42)46-39)41-33-19-8-6-17-31(33)40(32-18-7-9-20-34(32)41)30-21-10-15-27-14-4-5-16-29(27)30/h1-26H. The lowest BCUT2D eigenvalue weighted by Gasteiger charge is -2.19. The van der Waals surface area contributed by atoms with E-state index in [9.17, 15) is 0 Å². The number of hydrogen-bond acceptors (Lipinski definition) is 2. The Morgan fingerprint density at radius 1 is 0.348 bits per heavy atom. The number of thiophene rings is 2. The van der Waals surface area contributed by atoms with E-state index in [1.165, 1.54) is 96.0 Å². The van der Waals surface area contributed by atoms with Gasteiger partial charge in [-0.3, -0.25) is 0 Å². The van der Waals surface area contributed by atoms with Crippen molar-refractivity contribution in [2.75, 3.05) is 0 Å². The molecule has 0 N–H and O–H groups in total. The quantitative estimate of drug-likeness (QED) is 0.173. The lowest BCUT2D eigenvalue weighted by Crippen LogP contribution is -1.92. The van der Waals surface area contributed by atoms with Crippen molar-refractivity contribution in [3.05, 3.63) is 157 Å². The molecule has 0 nitrogen and oxygen atoms in total. The minimum Gasteiger partial charge on any atom is -0.142 e. The van der Waals surface area contributed by atoms with E-state index in [4.69, 9.17) is 0 Å². The van der Waals surface area contributed by atoms with Gasteiger partial charge < -0.3 is 0 Å². The molecule has 10 rings (SSSR count). The summed E-state index contributed by atoms with van der Waals surface area (Å²) in [6.45, 7) is 0. The molecular formula is C44H26S2. The molecule has 0 fully saturated rings. The minimum absolute atomic E-state index is 1.27. The molecule has 0 aliphatic carbocycles. The largest absolute Gasteiger partial charge is 0.142 e. The van der Waals surface area contributed by atoms with Gasteiger partial charge in [0.05, 0.1) is 0 Å². The highest BCUT2D eigenvalue weighted by atomic mass is 32.1. The van der Waals surface area contributed by atoms with Crippen molar-refractivity contribution < 1.29 is 0 Å². The topological polar surface area (TPSA) is 0 Å². The molecule has 0 saturated carbocycles. The van der Waals surface area contributed by atoms with Crippen LogP contribution in [0.5, 0.6) is 0 Å². The normalized spacial score (nSPS) is 11.9. The van der Waals surface area contributed by atoms with Gasteiger partial charge in [-0.15, -0.1) is 22.7 Å². The van der Waals surface area contributed by atoms with Gasteiger partial charge in [-0.25, -0.2) is 0 Å². The maximum absolute atomic E-state index is 2.35. The van der Waals surface area contributed by atoms with Gasteiger partial charge in [-0.1, -0.05) is 140 Å². The van der Waals surface area contributed by atoms with Crippen molar-refractivity contribution in [2.45, 2.75) is 0 Å². The van der Waals surface area contributed by atoms with Gasteiger partial charge >= 0.3 is 0 Å². The van der Waals surface area contributed by atoms with Crippen LogP contribution in [0, 0.1) is 0 Å². The molecule has 214 valence electrons. The summed E-state index contributed by atoms with van der Waals surface area (Å²) in [6, 6.07) is 55.9. The lowest BCUT2D eigenvalue weighted by molar-refractivity contribution is 1.69. The van der Waals surface area contributed by atoms with E-state index in [0.29, 0.717) is 0 Å². The first-order valence-electron chi connectivity index (χ1n) is 15.7. The molecule has 8 aromatic carbocycles. The molecule has 2 aromatic heterocycles. The second kappa shape index (κ2) is 10.1. The van der Waals surface area contributed by atoms with Crippen molar-refractivity contribution in [1.29, 1.82) is 0 Å². The molecule has 0 atom stereocenters. The van der Waals surface area contributed by atoms with Crippen LogP contribution in [-0.4, -0.2) is 0 Å². The fraction of sp³-hybridized carbons (Fsp3) is 0. The minimum atomic E-state index is 1.27. The third-order valence-corrected chi connectivity index (χ3v) is 11.7.